The van der Waals surface area contributed by atoms with Crippen LogP contribution >= 0.6 is 0 Å². The Morgan fingerprint density at radius 3 is 2.49 bits per heavy atom. The lowest BCUT2D eigenvalue weighted by Gasteiger charge is -2.44. The number of piperidine rings is 1. The summed E-state index contributed by atoms with van der Waals surface area (Å²) in [6, 6.07) is 16.0. The van der Waals surface area contributed by atoms with E-state index in [0.717, 1.165) is 55.4 Å². The Bertz CT molecular complexity index is 1030. The van der Waals surface area contributed by atoms with Crippen molar-refractivity contribution in [2.45, 2.75) is 63.5 Å². The molecule has 2 heterocycles. The monoisotopic (exact) mass is 509 g/mol. The first-order chi connectivity index (χ1) is 18.0. The summed E-state index contributed by atoms with van der Waals surface area (Å²) in [5, 5.41) is 12.5. The molecule has 0 aromatic heterocycles. The van der Waals surface area contributed by atoms with Gasteiger partial charge in [0.05, 0.1) is 5.60 Å². The number of hydrogen-bond donors (Lipinski definition) is 2. The SMILES string of the molecule is CCc1ccccc1Oc1ccccc1C(O)(CCCCOC)C1CCCN(C(=O)N2CCC(N)C2)C1. The molecule has 2 amide bonds. The summed E-state index contributed by atoms with van der Waals surface area (Å²) in [5.41, 5.74) is 6.85. The van der Waals surface area contributed by atoms with Crippen molar-refractivity contribution in [1.82, 2.24) is 9.80 Å². The number of aryl methyl sites for hydroxylation is 1. The highest BCUT2D eigenvalue weighted by atomic mass is 16.5. The van der Waals surface area contributed by atoms with Crippen molar-refractivity contribution in [2.75, 3.05) is 39.9 Å². The first-order valence-corrected chi connectivity index (χ1v) is 13.8. The van der Waals surface area contributed by atoms with Crippen LogP contribution in [0.4, 0.5) is 4.79 Å². The summed E-state index contributed by atoms with van der Waals surface area (Å²) in [6.07, 6.45) is 5.67. The maximum Gasteiger partial charge on any atom is 0.320 e. The maximum atomic E-state index is 13.3. The van der Waals surface area contributed by atoms with E-state index in [0.29, 0.717) is 45.0 Å². The van der Waals surface area contributed by atoms with Crippen molar-refractivity contribution < 1.29 is 19.4 Å². The van der Waals surface area contributed by atoms with Crippen LogP contribution in [0.25, 0.3) is 0 Å². The molecule has 7 heteroatoms. The maximum absolute atomic E-state index is 13.3. The molecular formula is C30H43N3O4. The van der Waals surface area contributed by atoms with Gasteiger partial charge in [-0.25, -0.2) is 4.79 Å². The minimum absolute atomic E-state index is 0.0424. The average molecular weight is 510 g/mol. The lowest BCUT2D eigenvalue weighted by Crippen LogP contribution is -2.51. The highest BCUT2D eigenvalue weighted by molar-refractivity contribution is 5.75. The van der Waals surface area contributed by atoms with E-state index < -0.39 is 5.60 Å². The average Bonchev–Trinajstić information content (AvgIpc) is 3.37. The van der Waals surface area contributed by atoms with Gasteiger partial charge in [-0.3, -0.25) is 0 Å². The fraction of sp³-hybridized carbons (Fsp3) is 0.567. The van der Waals surface area contributed by atoms with Crippen molar-refractivity contribution in [2.24, 2.45) is 11.7 Å². The van der Waals surface area contributed by atoms with Gasteiger partial charge < -0.3 is 30.1 Å². The zero-order chi connectivity index (χ0) is 26.3. The number of carbonyl (C=O) groups is 1. The van der Waals surface area contributed by atoms with Gasteiger partial charge in [-0.1, -0.05) is 43.3 Å². The van der Waals surface area contributed by atoms with Gasteiger partial charge >= 0.3 is 6.03 Å². The predicted molar refractivity (Wildman–Crippen MR) is 146 cm³/mol. The summed E-state index contributed by atoms with van der Waals surface area (Å²) in [6.45, 7) is 5.31. The lowest BCUT2D eigenvalue weighted by molar-refractivity contribution is -0.0586. The van der Waals surface area contributed by atoms with E-state index in [4.69, 9.17) is 15.2 Å². The van der Waals surface area contributed by atoms with Crippen LogP contribution < -0.4 is 10.5 Å². The molecule has 2 saturated heterocycles. The third-order valence-electron chi connectivity index (χ3n) is 7.95. The third kappa shape index (κ3) is 6.46. The van der Waals surface area contributed by atoms with Crippen LogP contribution in [-0.4, -0.2) is 66.9 Å². The van der Waals surface area contributed by atoms with Crippen molar-refractivity contribution in [3.8, 4) is 11.5 Å². The molecule has 0 bridgehead atoms. The molecule has 202 valence electrons. The Hall–Kier alpha value is -2.61. The molecule has 3 N–H and O–H groups in total. The van der Waals surface area contributed by atoms with Crippen LogP contribution in [0.1, 0.15) is 56.6 Å². The zero-order valence-corrected chi connectivity index (χ0v) is 22.4. The topological polar surface area (TPSA) is 88.3 Å². The number of unbranched alkanes of at least 4 members (excludes halogenated alkanes) is 1. The molecule has 0 saturated carbocycles. The number of nitrogens with two attached hydrogens (primary N) is 1. The molecule has 2 fully saturated rings. The van der Waals surface area contributed by atoms with Crippen molar-refractivity contribution in [3.05, 3.63) is 59.7 Å². The van der Waals surface area contributed by atoms with Crippen molar-refractivity contribution in [1.29, 1.82) is 0 Å². The van der Waals surface area contributed by atoms with Crippen LogP contribution in [-0.2, 0) is 16.8 Å². The molecule has 0 aliphatic carbocycles. The molecule has 2 aromatic rings. The molecule has 7 nitrogen and oxygen atoms in total. The second kappa shape index (κ2) is 12.8. The van der Waals surface area contributed by atoms with Gasteiger partial charge in [-0.15, -0.1) is 0 Å². The third-order valence-corrected chi connectivity index (χ3v) is 7.95. The number of urea groups is 1. The fourth-order valence-corrected chi connectivity index (χ4v) is 5.83. The van der Waals surface area contributed by atoms with E-state index in [1.807, 2.05) is 52.3 Å². The van der Waals surface area contributed by atoms with Gasteiger partial charge in [0.1, 0.15) is 11.5 Å². The molecule has 37 heavy (non-hydrogen) atoms. The Kier molecular flexibility index (Phi) is 9.46. The second-order valence-electron chi connectivity index (χ2n) is 10.5. The van der Waals surface area contributed by atoms with Crippen LogP contribution in [0.15, 0.2) is 48.5 Å². The van der Waals surface area contributed by atoms with E-state index in [1.165, 1.54) is 0 Å². The van der Waals surface area contributed by atoms with Crippen molar-refractivity contribution >= 4 is 6.03 Å². The Balaban J connectivity index is 1.62. The highest BCUT2D eigenvalue weighted by Gasteiger charge is 2.43. The van der Waals surface area contributed by atoms with E-state index in [1.54, 1.807) is 7.11 Å². The Morgan fingerprint density at radius 2 is 1.76 bits per heavy atom. The van der Waals surface area contributed by atoms with Gasteiger partial charge in [0.2, 0.25) is 0 Å². The Labute approximate surface area is 221 Å². The number of para-hydroxylation sites is 2. The number of rotatable bonds is 10. The normalized spacial score (nSPS) is 21.6. The molecular weight excluding hydrogens is 466 g/mol. The minimum atomic E-state index is -1.13. The number of nitrogens with zero attached hydrogens (tertiary/aromatic N) is 2. The predicted octanol–water partition coefficient (Wildman–Crippen LogP) is 4.91. The van der Waals surface area contributed by atoms with Crippen LogP contribution in [0, 0.1) is 5.92 Å². The van der Waals surface area contributed by atoms with Crippen molar-refractivity contribution in [3.63, 3.8) is 0 Å². The first kappa shape index (κ1) is 27.4. The molecule has 3 unspecified atom stereocenters. The summed E-state index contributed by atoms with van der Waals surface area (Å²) >= 11 is 0. The summed E-state index contributed by atoms with van der Waals surface area (Å²) in [4.78, 5) is 17.1. The number of hydrogen-bond acceptors (Lipinski definition) is 5. The second-order valence-corrected chi connectivity index (χ2v) is 10.5. The quantitative estimate of drug-likeness (QED) is 0.444. The molecule has 3 atom stereocenters. The van der Waals surface area contributed by atoms with Gasteiger partial charge in [-0.2, -0.15) is 0 Å². The van der Waals surface area contributed by atoms with E-state index in [2.05, 4.69) is 13.0 Å². The Morgan fingerprint density at radius 1 is 1.03 bits per heavy atom. The number of likely N-dealkylation sites (tertiary alicyclic amines) is 2. The van der Waals surface area contributed by atoms with E-state index in [9.17, 15) is 9.90 Å². The van der Waals surface area contributed by atoms with Gasteiger partial charge in [0.15, 0.2) is 0 Å². The first-order valence-electron chi connectivity index (χ1n) is 13.8. The number of carbonyl (C=O) groups excluding carboxylic acids is 1. The van der Waals surface area contributed by atoms with E-state index in [-0.39, 0.29) is 18.0 Å². The standard InChI is InChI=1S/C30H43N3O4/c1-3-23-11-4-6-14-27(23)37-28-15-7-5-13-26(28)30(35,17-8-9-20-36-2)24-12-10-18-32(21-24)29(34)33-19-16-25(31)22-33/h4-7,11,13-15,24-25,35H,3,8-10,12,16-22,31H2,1-2H3. The number of ether oxygens (including phenoxy) is 2. The van der Waals surface area contributed by atoms with Gasteiger partial charge in [0, 0.05) is 57.4 Å². The smallest absolute Gasteiger partial charge is 0.320 e. The highest BCUT2D eigenvalue weighted by Crippen LogP contribution is 2.44. The molecule has 2 aromatic carbocycles. The molecule has 2 aliphatic rings. The van der Waals surface area contributed by atoms with Crippen LogP contribution in [0.5, 0.6) is 11.5 Å². The van der Waals surface area contributed by atoms with Crippen LogP contribution in [0.3, 0.4) is 0 Å². The molecule has 0 radical (unpaired) electrons. The van der Waals surface area contributed by atoms with Crippen LogP contribution in [0.2, 0.25) is 0 Å². The van der Waals surface area contributed by atoms with Gasteiger partial charge in [0.25, 0.3) is 0 Å². The molecule has 0 spiro atoms. The number of aliphatic hydroxyl groups is 1. The van der Waals surface area contributed by atoms with E-state index >= 15 is 0 Å². The number of benzene rings is 2. The lowest BCUT2D eigenvalue weighted by atomic mass is 9.73. The summed E-state index contributed by atoms with van der Waals surface area (Å²) in [7, 11) is 1.70. The summed E-state index contributed by atoms with van der Waals surface area (Å²) in [5.74, 6) is 1.38. The molecule has 2 aliphatic heterocycles. The van der Waals surface area contributed by atoms with Gasteiger partial charge in [-0.05, 0) is 62.6 Å². The summed E-state index contributed by atoms with van der Waals surface area (Å²) < 4.78 is 11.8. The fourth-order valence-electron chi connectivity index (χ4n) is 5.83. The number of amides is 2. The zero-order valence-electron chi connectivity index (χ0n) is 22.4. The molecule has 4 rings (SSSR count). The largest absolute Gasteiger partial charge is 0.457 e. The minimum Gasteiger partial charge on any atom is -0.457 e. The number of methoxy groups -OCH3 is 1.